The maximum atomic E-state index is 12.6. The molecule has 0 saturated carbocycles. The summed E-state index contributed by atoms with van der Waals surface area (Å²) in [5, 5.41) is 10.2. The van der Waals surface area contributed by atoms with Crippen LogP contribution in [0.25, 0.3) is 6.08 Å². The van der Waals surface area contributed by atoms with E-state index in [0.717, 1.165) is 17.7 Å². The van der Waals surface area contributed by atoms with Gasteiger partial charge in [0.2, 0.25) is 0 Å². The van der Waals surface area contributed by atoms with Crippen molar-refractivity contribution in [3.63, 3.8) is 0 Å². The zero-order valence-corrected chi connectivity index (χ0v) is 14.6. The van der Waals surface area contributed by atoms with Crippen LogP contribution < -0.4 is 14.2 Å². The van der Waals surface area contributed by atoms with E-state index in [1.165, 1.54) is 19.3 Å². The molecule has 0 aromatic heterocycles. The lowest BCUT2D eigenvalue weighted by Crippen LogP contribution is -2.04. The van der Waals surface area contributed by atoms with E-state index in [9.17, 15) is 9.90 Å². The Balaban J connectivity index is 2.28. The molecule has 0 bridgehead atoms. The van der Waals surface area contributed by atoms with Crippen molar-refractivity contribution in [2.45, 2.75) is 13.3 Å². The molecule has 0 aliphatic rings. The Labute approximate surface area is 147 Å². The summed E-state index contributed by atoms with van der Waals surface area (Å²) in [7, 11) is 3.09. The molecule has 0 aliphatic carbocycles. The van der Waals surface area contributed by atoms with Crippen LogP contribution in [0, 0.1) is 0 Å². The van der Waals surface area contributed by atoms with Crippen molar-refractivity contribution in [2.75, 3.05) is 20.8 Å². The van der Waals surface area contributed by atoms with E-state index < -0.39 is 0 Å². The zero-order valence-electron chi connectivity index (χ0n) is 14.6. The minimum atomic E-state index is -0.345. The van der Waals surface area contributed by atoms with E-state index in [-0.39, 0.29) is 17.1 Å². The molecule has 0 radical (unpaired) electrons. The molecular weight excluding hydrogens is 320 g/mol. The van der Waals surface area contributed by atoms with E-state index in [2.05, 4.69) is 0 Å². The van der Waals surface area contributed by atoms with Crippen molar-refractivity contribution in [3.05, 3.63) is 53.6 Å². The van der Waals surface area contributed by atoms with Gasteiger partial charge in [-0.05, 0) is 30.2 Å². The minimum absolute atomic E-state index is 0.124. The quantitative estimate of drug-likeness (QED) is 0.578. The molecule has 0 saturated heterocycles. The molecule has 0 unspecified atom stereocenters. The highest BCUT2D eigenvalue weighted by molar-refractivity contribution is 6.10. The van der Waals surface area contributed by atoms with Gasteiger partial charge in [-0.1, -0.05) is 25.1 Å². The molecule has 5 nitrogen and oxygen atoms in total. The van der Waals surface area contributed by atoms with Gasteiger partial charge < -0.3 is 19.3 Å². The minimum Gasteiger partial charge on any atom is -0.507 e. The largest absolute Gasteiger partial charge is 0.507 e. The first kappa shape index (κ1) is 18.4. The van der Waals surface area contributed by atoms with E-state index in [4.69, 9.17) is 14.2 Å². The van der Waals surface area contributed by atoms with Crippen molar-refractivity contribution in [1.82, 2.24) is 0 Å². The SMILES string of the molecule is CCCOc1cc(OC)cc(O)c1C(=O)C=Cc1ccc(OC)cc1. The Bertz CT molecular complexity index is 747. The summed E-state index contributed by atoms with van der Waals surface area (Å²) in [5.41, 5.74) is 0.970. The molecule has 0 spiro atoms. The van der Waals surface area contributed by atoms with Crippen LogP contribution in [0.4, 0.5) is 0 Å². The molecule has 0 fully saturated rings. The number of ether oxygens (including phenoxy) is 3. The van der Waals surface area contributed by atoms with Crippen molar-refractivity contribution < 1.29 is 24.1 Å². The summed E-state index contributed by atoms with van der Waals surface area (Å²) >= 11 is 0. The van der Waals surface area contributed by atoms with Crippen LogP contribution in [0.1, 0.15) is 29.3 Å². The average molecular weight is 342 g/mol. The third-order valence-corrected chi connectivity index (χ3v) is 3.54. The number of phenolic OH excluding ortho intramolecular Hbond substituents is 1. The monoisotopic (exact) mass is 342 g/mol. The maximum absolute atomic E-state index is 12.6. The van der Waals surface area contributed by atoms with Crippen LogP contribution in [0.2, 0.25) is 0 Å². The second-order valence-electron chi connectivity index (χ2n) is 5.34. The summed E-state index contributed by atoms with van der Waals surface area (Å²) in [6, 6.07) is 10.3. The lowest BCUT2D eigenvalue weighted by atomic mass is 10.1. The van der Waals surface area contributed by atoms with E-state index >= 15 is 0 Å². The maximum Gasteiger partial charge on any atom is 0.193 e. The normalized spacial score (nSPS) is 10.7. The van der Waals surface area contributed by atoms with Crippen molar-refractivity contribution in [2.24, 2.45) is 0 Å². The average Bonchev–Trinajstić information content (AvgIpc) is 2.64. The lowest BCUT2D eigenvalue weighted by molar-refractivity contribution is 0.104. The summed E-state index contributed by atoms with van der Waals surface area (Å²) in [4.78, 5) is 12.6. The molecule has 132 valence electrons. The van der Waals surface area contributed by atoms with Gasteiger partial charge in [-0.15, -0.1) is 0 Å². The molecule has 0 heterocycles. The van der Waals surface area contributed by atoms with Crippen LogP contribution in [0.15, 0.2) is 42.5 Å². The standard InChI is InChI=1S/C20H22O5/c1-4-11-25-19-13-16(24-3)12-18(22)20(19)17(21)10-7-14-5-8-15(23-2)9-6-14/h5-10,12-13,22H,4,11H2,1-3H3. The third-order valence-electron chi connectivity index (χ3n) is 3.54. The fraction of sp³-hybridized carbons (Fsp3) is 0.250. The van der Waals surface area contributed by atoms with Gasteiger partial charge >= 0.3 is 0 Å². The summed E-state index contributed by atoms with van der Waals surface area (Å²) in [5.74, 6) is 0.964. The van der Waals surface area contributed by atoms with E-state index in [0.29, 0.717) is 18.1 Å². The lowest BCUT2D eigenvalue weighted by Gasteiger charge is -2.12. The molecule has 1 N–H and O–H groups in total. The van der Waals surface area contributed by atoms with Gasteiger partial charge in [0.1, 0.15) is 28.6 Å². The summed E-state index contributed by atoms with van der Waals surface area (Å²) < 4.78 is 15.8. The van der Waals surface area contributed by atoms with Crippen LogP contribution in [-0.4, -0.2) is 31.7 Å². The Morgan fingerprint density at radius 1 is 1.08 bits per heavy atom. The summed E-state index contributed by atoms with van der Waals surface area (Å²) in [6.45, 7) is 2.40. The molecule has 2 rings (SSSR count). The molecule has 0 amide bonds. The number of rotatable bonds is 8. The number of carbonyl (C=O) groups excluding carboxylic acids is 1. The predicted octanol–water partition coefficient (Wildman–Crippen LogP) is 4.09. The van der Waals surface area contributed by atoms with E-state index in [1.807, 2.05) is 31.2 Å². The van der Waals surface area contributed by atoms with Gasteiger partial charge in [-0.2, -0.15) is 0 Å². The van der Waals surface area contributed by atoms with Gasteiger partial charge in [0.15, 0.2) is 5.78 Å². The number of hydrogen-bond acceptors (Lipinski definition) is 5. The molecule has 5 heteroatoms. The number of ketones is 1. The summed E-state index contributed by atoms with van der Waals surface area (Å²) in [6.07, 6.45) is 3.87. The van der Waals surface area contributed by atoms with Crippen LogP contribution in [-0.2, 0) is 0 Å². The van der Waals surface area contributed by atoms with Crippen LogP contribution in [0.3, 0.4) is 0 Å². The fourth-order valence-electron chi connectivity index (χ4n) is 2.24. The Kier molecular flexibility index (Phi) is 6.46. The van der Waals surface area contributed by atoms with Gasteiger partial charge in [-0.25, -0.2) is 0 Å². The second-order valence-corrected chi connectivity index (χ2v) is 5.34. The number of benzene rings is 2. The van der Waals surface area contributed by atoms with Gasteiger partial charge in [0.05, 0.1) is 20.8 Å². The molecule has 2 aromatic rings. The van der Waals surface area contributed by atoms with Crippen molar-refractivity contribution in [1.29, 1.82) is 0 Å². The first-order valence-corrected chi connectivity index (χ1v) is 7.99. The zero-order chi connectivity index (χ0) is 18.2. The smallest absolute Gasteiger partial charge is 0.193 e. The first-order valence-electron chi connectivity index (χ1n) is 7.99. The second kappa shape index (κ2) is 8.78. The Morgan fingerprint density at radius 2 is 1.76 bits per heavy atom. The van der Waals surface area contributed by atoms with Crippen LogP contribution in [0.5, 0.6) is 23.0 Å². The number of phenols is 1. The molecule has 0 atom stereocenters. The number of aromatic hydroxyl groups is 1. The fourth-order valence-corrected chi connectivity index (χ4v) is 2.24. The number of methoxy groups -OCH3 is 2. The van der Waals surface area contributed by atoms with Crippen LogP contribution >= 0.6 is 0 Å². The predicted molar refractivity (Wildman–Crippen MR) is 96.8 cm³/mol. The van der Waals surface area contributed by atoms with Gasteiger partial charge in [0.25, 0.3) is 0 Å². The van der Waals surface area contributed by atoms with Gasteiger partial charge in [-0.3, -0.25) is 4.79 Å². The number of carbonyl (C=O) groups is 1. The van der Waals surface area contributed by atoms with E-state index in [1.54, 1.807) is 19.3 Å². The molecular formula is C20H22O5. The highest BCUT2D eigenvalue weighted by atomic mass is 16.5. The Morgan fingerprint density at radius 3 is 2.36 bits per heavy atom. The molecule has 25 heavy (non-hydrogen) atoms. The highest BCUT2D eigenvalue weighted by Crippen LogP contribution is 2.34. The molecule has 2 aromatic carbocycles. The van der Waals surface area contributed by atoms with Crippen molar-refractivity contribution >= 4 is 11.9 Å². The number of allylic oxidation sites excluding steroid dienone is 1. The molecule has 0 aliphatic heterocycles. The van der Waals surface area contributed by atoms with Gasteiger partial charge in [0, 0.05) is 12.1 Å². The third kappa shape index (κ3) is 4.76. The first-order chi connectivity index (χ1) is 12.1. The Hall–Kier alpha value is -2.95. The van der Waals surface area contributed by atoms with Crippen molar-refractivity contribution in [3.8, 4) is 23.0 Å². The topological polar surface area (TPSA) is 65.0 Å². The highest BCUT2D eigenvalue weighted by Gasteiger charge is 2.17. The number of hydrogen-bond donors (Lipinski definition) is 1.